The number of carbonyl (C=O) groups is 2. The van der Waals surface area contributed by atoms with Crippen LogP contribution in [0.1, 0.15) is 45.7 Å². The molecule has 0 fully saturated rings. The second-order valence-electron chi connectivity index (χ2n) is 6.81. The number of rotatable bonds is 8. The molecule has 9 heteroatoms. The molecule has 29 heavy (non-hydrogen) atoms. The molecule has 6 nitrogen and oxygen atoms in total. The number of aromatic nitrogens is 1. The van der Waals surface area contributed by atoms with Crippen LogP contribution in [-0.4, -0.2) is 42.5 Å². The lowest BCUT2D eigenvalue weighted by Gasteiger charge is -2.12. The summed E-state index contributed by atoms with van der Waals surface area (Å²) in [6, 6.07) is 6.65. The molecule has 1 amide bonds. The maximum Gasteiger partial charge on any atom is 0.401 e. The number of Topliss-reactive ketones (excluding diaryl/α,β-unsaturated/α-hetero) is 1. The van der Waals surface area contributed by atoms with E-state index in [2.05, 4.69) is 15.6 Å². The van der Waals surface area contributed by atoms with Gasteiger partial charge in [-0.3, -0.25) is 9.59 Å². The highest BCUT2D eigenvalue weighted by Crippen LogP contribution is 2.25. The van der Waals surface area contributed by atoms with Gasteiger partial charge in [-0.15, -0.1) is 0 Å². The fourth-order valence-corrected chi connectivity index (χ4v) is 3.16. The van der Waals surface area contributed by atoms with E-state index in [9.17, 15) is 22.8 Å². The van der Waals surface area contributed by atoms with Gasteiger partial charge in [-0.1, -0.05) is 0 Å². The standard InChI is InChI=1S/C20H22F3N3O3/c21-20(22,23)12-24-9-2-10-29-14-7-5-13(6-8-14)26-19(28)15-11-25-16-3-1-4-17(27)18(15)16/h5-8,11,24-25H,1-4,9-10,12H2,(H,26,28). The van der Waals surface area contributed by atoms with Crippen molar-refractivity contribution in [3.8, 4) is 5.75 Å². The number of nitrogens with one attached hydrogen (secondary N) is 3. The monoisotopic (exact) mass is 409 g/mol. The number of fused-ring (bicyclic) bond motifs is 1. The summed E-state index contributed by atoms with van der Waals surface area (Å²) in [5.74, 6) is 0.168. The molecule has 2 aromatic rings. The van der Waals surface area contributed by atoms with E-state index in [0.717, 1.165) is 18.5 Å². The van der Waals surface area contributed by atoms with Crippen LogP contribution in [0.4, 0.5) is 18.9 Å². The molecule has 0 bridgehead atoms. The van der Waals surface area contributed by atoms with Crippen LogP contribution in [0, 0.1) is 0 Å². The summed E-state index contributed by atoms with van der Waals surface area (Å²) in [5, 5.41) is 5.06. The van der Waals surface area contributed by atoms with E-state index in [1.54, 1.807) is 30.5 Å². The number of hydrogen-bond donors (Lipinski definition) is 3. The van der Waals surface area contributed by atoms with Gasteiger partial charge in [-0.25, -0.2) is 0 Å². The van der Waals surface area contributed by atoms with Crippen LogP contribution in [0.25, 0.3) is 0 Å². The van der Waals surface area contributed by atoms with Gasteiger partial charge in [0.05, 0.1) is 24.3 Å². The molecular weight excluding hydrogens is 387 g/mol. The van der Waals surface area contributed by atoms with E-state index >= 15 is 0 Å². The Kier molecular flexibility index (Phi) is 6.58. The summed E-state index contributed by atoms with van der Waals surface area (Å²) < 4.78 is 41.5. The third kappa shape index (κ3) is 5.83. The maximum absolute atomic E-state index is 12.5. The Bertz CT molecular complexity index is 860. The number of benzene rings is 1. The van der Waals surface area contributed by atoms with Gasteiger partial charge in [0.15, 0.2) is 5.78 Å². The molecule has 0 saturated carbocycles. The highest BCUT2D eigenvalue weighted by molar-refractivity contribution is 6.13. The Balaban J connectivity index is 1.47. The number of carbonyl (C=O) groups excluding carboxylic acids is 2. The number of ketones is 1. The van der Waals surface area contributed by atoms with E-state index in [-0.39, 0.29) is 24.8 Å². The van der Waals surface area contributed by atoms with E-state index in [1.807, 2.05) is 0 Å². The van der Waals surface area contributed by atoms with Crippen LogP contribution in [0.2, 0.25) is 0 Å². The molecule has 0 atom stereocenters. The van der Waals surface area contributed by atoms with Crippen LogP contribution < -0.4 is 15.4 Å². The number of anilines is 1. The number of ether oxygens (including phenoxy) is 1. The van der Waals surface area contributed by atoms with E-state index < -0.39 is 12.7 Å². The lowest BCUT2D eigenvalue weighted by atomic mass is 9.93. The fourth-order valence-electron chi connectivity index (χ4n) is 3.16. The zero-order chi connectivity index (χ0) is 20.9. The van der Waals surface area contributed by atoms with Crippen molar-refractivity contribution in [1.29, 1.82) is 0 Å². The summed E-state index contributed by atoms with van der Waals surface area (Å²) in [6.45, 7) is -0.543. The normalized spacial score (nSPS) is 13.8. The molecule has 1 heterocycles. The van der Waals surface area contributed by atoms with Crippen molar-refractivity contribution in [3.05, 3.63) is 47.3 Å². The highest BCUT2D eigenvalue weighted by atomic mass is 19.4. The van der Waals surface area contributed by atoms with Gasteiger partial charge in [0.25, 0.3) is 5.91 Å². The van der Waals surface area contributed by atoms with Gasteiger partial charge in [0.2, 0.25) is 0 Å². The lowest BCUT2D eigenvalue weighted by molar-refractivity contribution is -0.124. The third-order valence-electron chi connectivity index (χ3n) is 4.52. The van der Waals surface area contributed by atoms with Crippen molar-refractivity contribution in [3.63, 3.8) is 0 Å². The van der Waals surface area contributed by atoms with Crippen molar-refractivity contribution in [2.75, 3.05) is 25.0 Å². The predicted molar refractivity (Wildman–Crippen MR) is 101 cm³/mol. The van der Waals surface area contributed by atoms with Crippen molar-refractivity contribution in [2.45, 2.75) is 31.9 Å². The summed E-state index contributed by atoms with van der Waals surface area (Å²) in [4.78, 5) is 27.6. The number of halogens is 3. The molecule has 0 unspecified atom stereocenters. The average molecular weight is 409 g/mol. The smallest absolute Gasteiger partial charge is 0.401 e. The molecule has 1 aliphatic rings. The minimum Gasteiger partial charge on any atom is -0.494 e. The summed E-state index contributed by atoms with van der Waals surface area (Å²) in [5.41, 5.74) is 2.18. The number of H-pyrrole nitrogens is 1. The Labute approximate surface area is 165 Å². The first-order valence-corrected chi connectivity index (χ1v) is 9.38. The van der Waals surface area contributed by atoms with Crippen molar-refractivity contribution >= 4 is 17.4 Å². The second-order valence-corrected chi connectivity index (χ2v) is 6.81. The van der Waals surface area contributed by atoms with Crippen molar-refractivity contribution < 1.29 is 27.5 Å². The topological polar surface area (TPSA) is 83.2 Å². The quantitative estimate of drug-likeness (QED) is 0.581. The Hall–Kier alpha value is -2.81. The minimum atomic E-state index is -4.21. The average Bonchev–Trinajstić information content (AvgIpc) is 3.11. The largest absolute Gasteiger partial charge is 0.494 e. The van der Waals surface area contributed by atoms with Crippen LogP contribution in [0.5, 0.6) is 5.75 Å². The number of hydrogen-bond acceptors (Lipinski definition) is 4. The van der Waals surface area contributed by atoms with E-state index in [0.29, 0.717) is 35.4 Å². The van der Waals surface area contributed by atoms with Gasteiger partial charge >= 0.3 is 6.18 Å². The number of aromatic amines is 1. The minimum absolute atomic E-state index is 0.0221. The van der Waals surface area contributed by atoms with E-state index in [4.69, 9.17) is 4.74 Å². The van der Waals surface area contributed by atoms with E-state index in [1.165, 1.54) is 0 Å². The predicted octanol–water partition coefficient (Wildman–Crippen LogP) is 3.71. The van der Waals surface area contributed by atoms with Crippen molar-refractivity contribution in [1.82, 2.24) is 10.3 Å². The molecule has 1 aromatic carbocycles. The van der Waals surface area contributed by atoms with Crippen LogP contribution in [0.15, 0.2) is 30.5 Å². The molecule has 0 radical (unpaired) electrons. The summed E-state index contributed by atoms with van der Waals surface area (Å²) in [7, 11) is 0. The molecule has 156 valence electrons. The summed E-state index contributed by atoms with van der Waals surface area (Å²) in [6.07, 6.45) is -0.231. The fraction of sp³-hybridized carbons (Fsp3) is 0.400. The molecular formula is C20H22F3N3O3. The number of alkyl halides is 3. The van der Waals surface area contributed by atoms with Gasteiger partial charge < -0.3 is 20.4 Å². The Morgan fingerprint density at radius 1 is 1.17 bits per heavy atom. The number of aryl methyl sites for hydroxylation is 1. The first kappa shape index (κ1) is 20.9. The Morgan fingerprint density at radius 2 is 1.93 bits per heavy atom. The third-order valence-corrected chi connectivity index (χ3v) is 4.52. The molecule has 3 N–H and O–H groups in total. The molecule has 3 rings (SSSR count). The van der Waals surface area contributed by atoms with Gasteiger partial charge in [-0.2, -0.15) is 13.2 Å². The van der Waals surface area contributed by atoms with Crippen molar-refractivity contribution in [2.24, 2.45) is 0 Å². The molecule has 0 saturated heterocycles. The summed E-state index contributed by atoms with van der Waals surface area (Å²) >= 11 is 0. The van der Waals surface area contributed by atoms with Gasteiger partial charge in [0, 0.05) is 24.0 Å². The Morgan fingerprint density at radius 3 is 2.66 bits per heavy atom. The SMILES string of the molecule is O=C(Nc1ccc(OCCCNCC(F)(F)F)cc1)c1c[nH]c2c1C(=O)CCC2. The second kappa shape index (κ2) is 9.13. The zero-order valence-corrected chi connectivity index (χ0v) is 15.7. The maximum atomic E-state index is 12.5. The van der Waals surface area contributed by atoms with Crippen LogP contribution in [-0.2, 0) is 6.42 Å². The van der Waals surface area contributed by atoms with Gasteiger partial charge in [0.1, 0.15) is 5.75 Å². The van der Waals surface area contributed by atoms with Gasteiger partial charge in [-0.05, 0) is 50.1 Å². The zero-order valence-electron chi connectivity index (χ0n) is 15.7. The molecule has 1 aliphatic carbocycles. The molecule has 1 aromatic heterocycles. The van der Waals surface area contributed by atoms with Crippen LogP contribution in [0.3, 0.4) is 0 Å². The highest BCUT2D eigenvalue weighted by Gasteiger charge is 2.26. The molecule has 0 spiro atoms. The van der Waals surface area contributed by atoms with Crippen LogP contribution >= 0.6 is 0 Å². The molecule has 0 aliphatic heterocycles. The number of amides is 1. The lowest BCUT2D eigenvalue weighted by Crippen LogP contribution is -2.30. The first-order valence-electron chi connectivity index (χ1n) is 9.38. The first-order chi connectivity index (χ1) is 13.8.